The van der Waals surface area contributed by atoms with Crippen molar-refractivity contribution in [1.29, 1.82) is 0 Å². The van der Waals surface area contributed by atoms with Gasteiger partial charge in [0.05, 0.1) is 0 Å². The monoisotopic (exact) mass is 259 g/mol. The molecule has 0 N–H and O–H groups in total. The molecule has 3 nitrogen and oxygen atoms in total. The number of nitrogens with zero attached hydrogens (tertiary/aromatic N) is 1. The number of aromatic nitrogens is 1. The van der Waals surface area contributed by atoms with Gasteiger partial charge in [-0.1, -0.05) is 12.1 Å². The second-order valence-electron chi connectivity index (χ2n) is 3.69. The second-order valence-corrected chi connectivity index (χ2v) is 4.54. The fraction of sp³-hybridized carbons (Fsp3) is 0.143. The first kappa shape index (κ1) is 12.6. The van der Waals surface area contributed by atoms with Gasteiger partial charge in [0, 0.05) is 22.7 Å². The molecule has 0 saturated heterocycles. The van der Waals surface area contributed by atoms with Crippen LogP contribution in [0.1, 0.15) is 17.3 Å². The summed E-state index contributed by atoms with van der Waals surface area (Å²) in [6.45, 7) is 1.51. The highest BCUT2D eigenvalue weighted by molar-refractivity contribution is 7.98. The first-order valence-electron chi connectivity index (χ1n) is 5.48. The maximum absolute atomic E-state index is 11.1. The van der Waals surface area contributed by atoms with Crippen molar-refractivity contribution in [2.45, 2.75) is 11.8 Å². The minimum atomic E-state index is -0.00133. The first-order valence-corrected chi connectivity index (χ1v) is 6.71. The topological polar surface area (TPSA) is 39.2 Å². The number of benzene rings is 1. The molecule has 92 valence electrons. The smallest absolute Gasteiger partial charge is 0.219 e. The SMILES string of the molecule is CSc1ccccc1Oc1ccc(C(C)=O)cn1. The summed E-state index contributed by atoms with van der Waals surface area (Å²) in [6.07, 6.45) is 3.52. The summed E-state index contributed by atoms with van der Waals surface area (Å²) < 4.78 is 5.69. The molecular formula is C14H13NO2S. The quantitative estimate of drug-likeness (QED) is 0.618. The summed E-state index contributed by atoms with van der Waals surface area (Å²) in [4.78, 5) is 16.3. The van der Waals surface area contributed by atoms with Crippen molar-refractivity contribution >= 4 is 17.5 Å². The van der Waals surface area contributed by atoms with Crippen LogP contribution in [0.4, 0.5) is 0 Å². The van der Waals surface area contributed by atoms with Crippen LogP contribution in [0.25, 0.3) is 0 Å². The number of thioether (sulfide) groups is 1. The maximum atomic E-state index is 11.1. The van der Waals surface area contributed by atoms with Crippen LogP contribution in [-0.4, -0.2) is 17.0 Å². The highest BCUT2D eigenvalue weighted by atomic mass is 32.2. The molecule has 1 heterocycles. The number of rotatable bonds is 4. The molecule has 0 amide bonds. The van der Waals surface area contributed by atoms with E-state index in [1.54, 1.807) is 23.9 Å². The van der Waals surface area contributed by atoms with Gasteiger partial charge in [0.25, 0.3) is 0 Å². The zero-order chi connectivity index (χ0) is 13.0. The van der Waals surface area contributed by atoms with Gasteiger partial charge >= 0.3 is 0 Å². The Morgan fingerprint density at radius 1 is 1.22 bits per heavy atom. The molecule has 0 spiro atoms. The zero-order valence-electron chi connectivity index (χ0n) is 10.2. The highest BCUT2D eigenvalue weighted by Gasteiger charge is 2.05. The first-order chi connectivity index (χ1) is 8.70. The van der Waals surface area contributed by atoms with E-state index >= 15 is 0 Å². The number of para-hydroxylation sites is 1. The molecule has 1 aromatic heterocycles. The van der Waals surface area contributed by atoms with E-state index in [2.05, 4.69) is 4.98 Å². The van der Waals surface area contributed by atoms with Crippen molar-refractivity contribution in [2.24, 2.45) is 0 Å². The fourth-order valence-electron chi connectivity index (χ4n) is 1.46. The minimum absolute atomic E-state index is 0.00133. The van der Waals surface area contributed by atoms with Crippen LogP contribution in [0.15, 0.2) is 47.5 Å². The van der Waals surface area contributed by atoms with Gasteiger partial charge in [0.1, 0.15) is 5.75 Å². The molecule has 0 unspecified atom stereocenters. The van der Waals surface area contributed by atoms with Crippen LogP contribution in [0.3, 0.4) is 0 Å². The van der Waals surface area contributed by atoms with Crippen LogP contribution in [0.5, 0.6) is 11.6 Å². The lowest BCUT2D eigenvalue weighted by Crippen LogP contribution is -1.94. The Hall–Kier alpha value is -1.81. The highest BCUT2D eigenvalue weighted by Crippen LogP contribution is 2.30. The van der Waals surface area contributed by atoms with Gasteiger partial charge in [0.2, 0.25) is 5.88 Å². The van der Waals surface area contributed by atoms with Crippen molar-refractivity contribution in [3.63, 3.8) is 0 Å². The third kappa shape index (κ3) is 2.90. The molecule has 0 aliphatic carbocycles. The van der Waals surface area contributed by atoms with E-state index in [0.717, 1.165) is 10.6 Å². The molecule has 0 aliphatic heterocycles. The van der Waals surface area contributed by atoms with Crippen LogP contribution < -0.4 is 4.74 Å². The summed E-state index contributed by atoms with van der Waals surface area (Å²) in [5, 5.41) is 0. The Labute approximate surface area is 110 Å². The summed E-state index contributed by atoms with van der Waals surface area (Å²) in [5.74, 6) is 1.26. The van der Waals surface area contributed by atoms with E-state index < -0.39 is 0 Å². The Balaban J connectivity index is 2.21. The van der Waals surface area contributed by atoms with Crippen LogP contribution >= 0.6 is 11.8 Å². The van der Waals surface area contributed by atoms with E-state index in [9.17, 15) is 4.79 Å². The number of ketones is 1. The van der Waals surface area contributed by atoms with Gasteiger partial charge in [-0.2, -0.15) is 0 Å². The van der Waals surface area contributed by atoms with Crippen molar-refractivity contribution in [3.8, 4) is 11.6 Å². The molecule has 2 rings (SSSR count). The molecule has 2 aromatic rings. The van der Waals surface area contributed by atoms with E-state index in [1.165, 1.54) is 13.1 Å². The summed E-state index contributed by atoms with van der Waals surface area (Å²) in [6, 6.07) is 11.2. The van der Waals surface area contributed by atoms with E-state index in [0.29, 0.717) is 11.4 Å². The van der Waals surface area contributed by atoms with Crippen LogP contribution in [-0.2, 0) is 0 Å². The fourth-order valence-corrected chi connectivity index (χ4v) is 1.99. The lowest BCUT2D eigenvalue weighted by Gasteiger charge is -2.08. The molecule has 0 bridgehead atoms. The van der Waals surface area contributed by atoms with Gasteiger partial charge in [-0.15, -0.1) is 11.8 Å². The predicted molar refractivity (Wildman–Crippen MR) is 72.5 cm³/mol. The molecule has 1 aromatic carbocycles. The molecule has 4 heteroatoms. The summed E-state index contributed by atoms with van der Waals surface area (Å²) in [5.41, 5.74) is 0.584. The van der Waals surface area contributed by atoms with E-state index in [1.807, 2.05) is 30.5 Å². The van der Waals surface area contributed by atoms with Crippen molar-refractivity contribution in [2.75, 3.05) is 6.26 Å². The molecule has 0 atom stereocenters. The average Bonchev–Trinajstić information content (AvgIpc) is 2.40. The van der Waals surface area contributed by atoms with Crippen molar-refractivity contribution in [1.82, 2.24) is 4.98 Å². The number of hydrogen-bond acceptors (Lipinski definition) is 4. The number of hydrogen-bond donors (Lipinski definition) is 0. The molecule has 0 radical (unpaired) electrons. The Morgan fingerprint density at radius 2 is 2.00 bits per heavy atom. The minimum Gasteiger partial charge on any atom is -0.438 e. The van der Waals surface area contributed by atoms with Crippen LogP contribution in [0.2, 0.25) is 0 Å². The number of carbonyl (C=O) groups is 1. The van der Waals surface area contributed by atoms with Gasteiger partial charge in [0.15, 0.2) is 5.78 Å². The van der Waals surface area contributed by atoms with Crippen molar-refractivity contribution in [3.05, 3.63) is 48.2 Å². The second kappa shape index (κ2) is 5.69. The number of Topliss-reactive ketones (excluding diaryl/α,β-unsaturated/α-hetero) is 1. The standard InChI is InChI=1S/C14H13NO2S/c1-10(16)11-7-8-14(15-9-11)17-12-5-3-4-6-13(12)18-2/h3-9H,1-2H3. The van der Waals surface area contributed by atoms with Crippen molar-refractivity contribution < 1.29 is 9.53 Å². The summed E-state index contributed by atoms with van der Waals surface area (Å²) >= 11 is 1.62. The average molecular weight is 259 g/mol. The normalized spacial score (nSPS) is 10.1. The number of pyridine rings is 1. The van der Waals surface area contributed by atoms with Gasteiger partial charge in [-0.25, -0.2) is 4.98 Å². The van der Waals surface area contributed by atoms with Gasteiger partial charge in [-0.05, 0) is 31.4 Å². The Kier molecular flexibility index (Phi) is 3.99. The van der Waals surface area contributed by atoms with Gasteiger partial charge < -0.3 is 4.74 Å². The van der Waals surface area contributed by atoms with Crippen LogP contribution in [0, 0.1) is 0 Å². The van der Waals surface area contributed by atoms with E-state index in [4.69, 9.17) is 4.74 Å². The van der Waals surface area contributed by atoms with Gasteiger partial charge in [-0.3, -0.25) is 4.79 Å². The molecular weight excluding hydrogens is 246 g/mol. The number of ether oxygens (including phenoxy) is 1. The number of carbonyl (C=O) groups excluding carboxylic acids is 1. The zero-order valence-corrected chi connectivity index (χ0v) is 11.0. The lowest BCUT2D eigenvalue weighted by molar-refractivity contribution is 0.101. The largest absolute Gasteiger partial charge is 0.438 e. The summed E-state index contributed by atoms with van der Waals surface area (Å²) in [7, 11) is 0. The molecule has 0 aliphatic rings. The lowest BCUT2D eigenvalue weighted by atomic mass is 10.2. The third-order valence-corrected chi connectivity index (χ3v) is 3.20. The maximum Gasteiger partial charge on any atom is 0.219 e. The molecule has 18 heavy (non-hydrogen) atoms. The Bertz CT molecular complexity index is 552. The molecule has 0 fully saturated rings. The third-order valence-electron chi connectivity index (χ3n) is 2.43. The molecule has 0 saturated carbocycles. The Morgan fingerprint density at radius 3 is 2.61 bits per heavy atom. The predicted octanol–water partition coefficient (Wildman–Crippen LogP) is 3.80. The van der Waals surface area contributed by atoms with E-state index in [-0.39, 0.29) is 5.78 Å².